The van der Waals surface area contributed by atoms with Crippen LogP contribution in [-0.4, -0.2) is 14.3 Å². The van der Waals surface area contributed by atoms with Gasteiger partial charge in [-0.3, -0.25) is 4.79 Å². The fourth-order valence-corrected chi connectivity index (χ4v) is 4.32. The summed E-state index contributed by atoms with van der Waals surface area (Å²) in [5, 5.41) is 2.83. The van der Waals surface area contributed by atoms with E-state index in [2.05, 4.69) is 27.9 Å². The first kappa shape index (κ1) is 16.7. The summed E-state index contributed by atoms with van der Waals surface area (Å²) in [6, 6.07) is 10.0. The number of hydrogen-bond donors (Lipinski definition) is 1. The zero-order chi connectivity index (χ0) is 15.6. The number of nitrogens with one attached hydrogen (secondary N) is 1. The van der Waals surface area contributed by atoms with Crippen LogP contribution in [0.4, 0.5) is 0 Å². The largest absolute Gasteiger partial charge is 0.345 e. The third-order valence-electron chi connectivity index (χ3n) is 2.70. The van der Waals surface area contributed by atoms with E-state index in [1.807, 2.05) is 12.1 Å². The maximum Gasteiger partial charge on any atom is 0.270 e. The smallest absolute Gasteiger partial charge is 0.270 e. The maximum absolute atomic E-state index is 12.1. The summed E-state index contributed by atoms with van der Waals surface area (Å²) in [5.41, 5.74) is 0.565. The van der Waals surface area contributed by atoms with E-state index >= 15 is 0 Å². The zero-order valence-electron chi connectivity index (χ0n) is 10.8. The number of amides is 1. The first-order valence-electron chi connectivity index (χ1n) is 5.88. The van der Waals surface area contributed by atoms with Crippen molar-refractivity contribution in [1.29, 1.82) is 0 Å². The van der Waals surface area contributed by atoms with Gasteiger partial charge in [-0.2, -0.15) is 0 Å². The highest BCUT2D eigenvalue weighted by Crippen LogP contribution is 2.28. The third kappa shape index (κ3) is 4.41. The van der Waals surface area contributed by atoms with E-state index in [4.69, 9.17) is 10.7 Å². The summed E-state index contributed by atoms with van der Waals surface area (Å²) < 4.78 is 23.5. The summed E-state index contributed by atoms with van der Waals surface area (Å²) in [4.78, 5) is 12.9. The number of benzene rings is 1. The minimum atomic E-state index is -3.72. The number of thiophene rings is 1. The van der Waals surface area contributed by atoms with Gasteiger partial charge < -0.3 is 5.32 Å². The normalized spacial score (nSPS) is 12.9. The van der Waals surface area contributed by atoms with Crippen molar-refractivity contribution < 1.29 is 13.2 Å². The van der Waals surface area contributed by atoms with E-state index < -0.39 is 9.05 Å². The summed E-state index contributed by atoms with van der Waals surface area (Å²) in [6.07, 6.45) is 0. The molecule has 1 atom stereocenters. The van der Waals surface area contributed by atoms with E-state index in [1.54, 1.807) is 25.1 Å². The van der Waals surface area contributed by atoms with Crippen molar-refractivity contribution >= 4 is 59.6 Å². The molecule has 0 aliphatic carbocycles. The molecule has 0 spiro atoms. The number of halogens is 2. The standard InChI is InChI=1S/C13H11ClINO3S2/c1-8(11-5-6-12(20-11)21(14,18)19)16-13(17)9-3-2-4-10(15)7-9/h2-8H,1H3,(H,16,17). The quantitative estimate of drug-likeness (QED) is 0.564. The molecule has 8 heteroatoms. The maximum atomic E-state index is 12.1. The van der Waals surface area contributed by atoms with Gasteiger partial charge in [0.05, 0.1) is 6.04 Å². The Morgan fingerprint density at radius 2 is 2.05 bits per heavy atom. The number of carbonyl (C=O) groups excluding carboxylic acids is 1. The molecule has 1 N–H and O–H groups in total. The van der Waals surface area contributed by atoms with Crippen LogP contribution >= 0.6 is 44.6 Å². The first-order valence-corrected chi connectivity index (χ1v) is 10.1. The third-order valence-corrected chi connectivity index (χ3v) is 6.74. The lowest BCUT2D eigenvalue weighted by Gasteiger charge is -2.12. The molecular weight excluding hydrogens is 445 g/mol. The molecule has 0 aliphatic heterocycles. The van der Waals surface area contributed by atoms with Gasteiger partial charge in [0, 0.05) is 24.7 Å². The molecule has 0 saturated heterocycles. The Morgan fingerprint density at radius 3 is 2.62 bits per heavy atom. The van der Waals surface area contributed by atoms with Crippen molar-refractivity contribution in [1.82, 2.24) is 5.32 Å². The SMILES string of the molecule is CC(NC(=O)c1cccc(I)c1)c1ccc(S(=O)(=O)Cl)s1. The van der Waals surface area contributed by atoms with Crippen molar-refractivity contribution in [3.05, 3.63) is 50.4 Å². The molecule has 0 aliphatic rings. The minimum absolute atomic E-state index is 0.0783. The highest BCUT2D eigenvalue weighted by atomic mass is 127. The Morgan fingerprint density at radius 1 is 1.33 bits per heavy atom. The minimum Gasteiger partial charge on any atom is -0.345 e. The van der Waals surface area contributed by atoms with Crippen molar-refractivity contribution in [3.63, 3.8) is 0 Å². The molecule has 112 valence electrons. The molecule has 21 heavy (non-hydrogen) atoms. The molecule has 1 aromatic carbocycles. The number of rotatable bonds is 4. The van der Waals surface area contributed by atoms with Crippen LogP contribution in [0.15, 0.2) is 40.6 Å². The molecule has 2 aromatic rings. The summed E-state index contributed by atoms with van der Waals surface area (Å²) in [6.45, 7) is 1.79. The Hall–Kier alpha value is -0.640. The van der Waals surface area contributed by atoms with E-state index in [0.29, 0.717) is 5.56 Å². The Kier molecular flexibility index (Phi) is 5.29. The number of carbonyl (C=O) groups is 1. The predicted octanol–water partition coefficient (Wildman–Crippen LogP) is 3.77. The van der Waals surface area contributed by atoms with E-state index in [0.717, 1.165) is 19.8 Å². The Balaban J connectivity index is 2.13. The molecule has 0 fully saturated rings. The molecule has 4 nitrogen and oxygen atoms in total. The average Bonchev–Trinajstić information content (AvgIpc) is 2.88. The second kappa shape index (κ2) is 6.64. The molecular formula is C13H11ClINO3S2. The lowest BCUT2D eigenvalue weighted by molar-refractivity contribution is 0.0940. The Labute approximate surface area is 145 Å². The lowest BCUT2D eigenvalue weighted by atomic mass is 10.2. The highest BCUT2D eigenvalue weighted by Gasteiger charge is 2.18. The second-order valence-corrected chi connectivity index (χ2v) is 9.45. The second-order valence-electron chi connectivity index (χ2n) is 4.30. The van der Waals surface area contributed by atoms with Crippen LogP contribution in [-0.2, 0) is 9.05 Å². The van der Waals surface area contributed by atoms with Crippen LogP contribution in [0, 0.1) is 3.57 Å². The van der Waals surface area contributed by atoms with Crippen molar-refractivity contribution in [3.8, 4) is 0 Å². The number of hydrogen-bond acceptors (Lipinski definition) is 4. The van der Waals surface area contributed by atoms with E-state index in [-0.39, 0.29) is 16.2 Å². The van der Waals surface area contributed by atoms with Crippen LogP contribution in [0.3, 0.4) is 0 Å². The molecule has 0 bridgehead atoms. The lowest BCUT2D eigenvalue weighted by Crippen LogP contribution is -2.26. The predicted molar refractivity (Wildman–Crippen MR) is 92.4 cm³/mol. The molecule has 2 rings (SSSR count). The summed E-state index contributed by atoms with van der Waals surface area (Å²) >= 11 is 3.19. The van der Waals surface area contributed by atoms with Crippen molar-refractivity contribution in [2.24, 2.45) is 0 Å². The van der Waals surface area contributed by atoms with Crippen LogP contribution in [0.2, 0.25) is 0 Å². The van der Waals surface area contributed by atoms with Gasteiger partial charge in [-0.1, -0.05) is 6.07 Å². The van der Waals surface area contributed by atoms with Crippen molar-refractivity contribution in [2.75, 3.05) is 0 Å². The highest BCUT2D eigenvalue weighted by molar-refractivity contribution is 14.1. The molecule has 1 aromatic heterocycles. The van der Waals surface area contributed by atoms with Crippen LogP contribution in [0.5, 0.6) is 0 Å². The van der Waals surface area contributed by atoms with E-state index in [9.17, 15) is 13.2 Å². The van der Waals surface area contributed by atoms with Crippen LogP contribution in [0.25, 0.3) is 0 Å². The molecule has 1 unspecified atom stereocenters. The summed E-state index contributed by atoms with van der Waals surface area (Å²) in [5.74, 6) is -0.204. The summed E-state index contributed by atoms with van der Waals surface area (Å²) in [7, 11) is 1.57. The molecule has 1 heterocycles. The van der Waals surface area contributed by atoms with Gasteiger partial charge in [-0.15, -0.1) is 11.3 Å². The van der Waals surface area contributed by atoms with Gasteiger partial charge in [0.2, 0.25) is 0 Å². The van der Waals surface area contributed by atoms with Gasteiger partial charge in [0.25, 0.3) is 15.0 Å². The van der Waals surface area contributed by atoms with Crippen LogP contribution in [0.1, 0.15) is 28.2 Å². The first-order chi connectivity index (χ1) is 9.77. The fraction of sp³-hybridized carbons (Fsp3) is 0.154. The van der Waals surface area contributed by atoms with Gasteiger partial charge in [-0.25, -0.2) is 8.42 Å². The Bertz CT molecular complexity index is 773. The average molecular weight is 456 g/mol. The van der Waals surface area contributed by atoms with Gasteiger partial charge in [-0.05, 0) is 59.8 Å². The van der Waals surface area contributed by atoms with Crippen LogP contribution < -0.4 is 5.32 Å². The molecule has 0 saturated carbocycles. The topological polar surface area (TPSA) is 63.2 Å². The fourth-order valence-electron chi connectivity index (χ4n) is 1.68. The van der Waals surface area contributed by atoms with Gasteiger partial charge in [0.1, 0.15) is 4.21 Å². The van der Waals surface area contributed by atoms with E-state index in [1.165, 1.54) is 6.07 Å². The molecule has 1 amide bonds. The zero-order valence-corrected chi connectivity index (χ0v) is 15.4. The monoisotopic (exact) mass is 455 g/mol. The molecule has 0 radical (unpaired) electrons. The van der Waals surface area contributed by atoms with Gasteiger partial charge in [0.15, 0.2) is 0 Å². The van der Waals surface area contributed by atoms with Gasteiger partial charge >= 0.3 is 0 Å². The van der Waals surface area contributed by atoms with Crippen molar-refractivity contribution in [2.45, 2.75) is 17.2 Å².